The maximum absolute atomic E-state index is 11.7. The van der Waals surface area contributed by atoms with Gasteiger partial charge >= 0.3 is 0 Å². The van der Waals surface area contributed by atoms with Gasteiger partial charge in [0.25, 0.3) is 10.2 Å². The summed E-state index contributed by atoms with van der Waals surface area (Å²) in [5.74, 6) is 0.392. The van der Waals surface area contributed by atoms with Gasteiger partial charge in [0.15, 0.2) is 0 Å². The van der Waals surface area contributed by atoms with E-state index in [1.54, 1.807) is 14.1 Å². The molecule has 1 aromatic carbocycles. The molecule has 0 radical (unpaired) electrons. The number of hydrogen-bond acceptors (Lipinski definition) is 3. The van der Waals surface area contributed by atoms with Gasteiger partial charge in [0.1, 0.15) is 0 Å². The van der Waals surface area contributed by atoms with Crippen LogP contribution in [-0.2, 0) is 23.2 Å². The van der Waals surface area contributed by atoms with Crippen molar-refractivity contribution in [2.24, 2.45) is 5.92 Å². The van der Waals surface area contributed by atoms with Crippen molar-refractivity contribution in [2.75, 3.05) is 33.7 Å². The van der Waals surface area contributed by atoms with Crippen LogP contribution in [0.3, 0.4) is 0 Å². The highest BCUT2D eigenvalue weighted by Gasteiger charge is 2.24. The maximum Gasteiger partial charge on any atom is 0.278 e. The van der Waals surface area contributed by atoms with Crippen LogP contribution in [0.5, 0.6) is 0 Å². The molecule has 6 heteroatoms. The van der Waals surface area contributed by atoms with E-state index in [1.165, 1.54) is 15.4 Å². The third-order valence-electron chi connectivity index (χ3n) is 4.30. The Balaban J connectivity index is 1.85. The molecule has 0 spiro atoms. The fourth-order valence-electron chi connectivity index (χ4n) is 2.87. The molecule has 2 rings (SSSR count). The highest BCUT2D eigenvalue weighted by Crippen LogP contribution is 2.20. The molecule has 1 unspecified atom stereocenters. The van der Waals surface area contributed by atoms with E-state index >= 15 is 0 Å². The number of likely N-dealkylation sites (tertiary alicyclic amines) is 1. The van der Waals surface area contributed by atoms with Crippen molar-refractivity contribution in [3.8, 4) is 0 Å². The fraction of sp³-hybridized carbons (Fsp3) is 0.625. The molecule has 1 saturated heterocycles. The summed E-state index contributed by atoms with van der Waals surface area (Å²) in [6, 6.07) is 8.56. The summed E-state index contributed by atoms with van der Waals surface area (Å²) in [4.78, 5) is 2.42. The molecule has 1 fully saturated rings. The van der Waals surface area contributed by atoms with Crippen LogP contribution in [0.1, 0.15) is 24.5 Å². The lowest BCUT2D eigenvalue weighted by atomic mass is 10.1. The van der Waals surface area contributed by atoms with Crippen LogP contribution >= 0.6 is 0 Å². The van der Waals surface area contributed by atoms with Crippen molar-refractivity contribution in [3.05, 3.63) is 35.4 Å². The minimum absolute atomic E-state index is 0.392. The Hall–Kier alpha value is -0.950. The van der Waals surface area contributed by atoms with E-state index in [2.05, 4.69) is 40.8 Å². The number of nitrogens with zero attached hydrogens (tertiary/aromatic N) is 2. The van der Waals surface area contributed by atoms with Gasteiger partial charge in [-0.05, 0) is 36.4 Å². The lowest BCUT2D eigenvalue weighted by molar-refractivity contribution is 0.315. The largest absolute Gasteiger partial charge is 0.299 e. The minimum Gasteiger partial charge on any atom is -0.299 e. The van der Waals surface area contributed by atoms with Crippen LogP contribution < -0.4 is 4.72 Å². The van der Waals surface area contributed by atoms with Crippen LogP contribution in [-0.4, -0.2) is 51.4 Å². The number of aryl methyl sites for hydroxylation is 1. The summed E-state index contributed by atoms with van der Waals surface area (Å²) in [5, 5.41) is 0. The van der Waals surface area contributed by atoms with Crippen LogP contribution in [0.2, 0.25) is 0 Å². The Morgan fingerprint density at radius 2 is 1.95 bits per heavy atom. The van der Waals surface area contributed by atoms with Crippen LogP contribution in [0.4, 0.5) is 0 Å². The molecule has 0 amide bonds. The van der Waals surface area contributed by atoms with Gasteiger partial charge in [-0.2, -0.15) is 12.7 Å². The molecule has 0 bridgehead atoms. The van der Waals surface area contributed by atoms with Crippen LogP contribution in [0.15, 0.2) is 24.3 Å². The average Bonchev–Trinajstić information content (AvgIpc) is 2.93. The molecule has 1 heterocycles. The summed E-state index contributed by atoms with van der Waals surface area (Å²) >= 11 is 0. The average molecular weight is 325 g/mol. The van der Waals surface area contributed by atoms with Crippen molar-refractivity contribution in [1.82, 2.24) is 13.9 Å². The first-order chi connectivity index (χ1) is 10.4. The molecule has 1 N–H and O–H groups in total. The second-order valence-corrected chi connectivity index (χ2v) is 8.12. The minimum atomic E-state index is -3.31. The highest BCUT2D eigenvalue weighted by molar-refractivity contribution is 7.87. The molecule has 5 nitrogen and oxygen atoms in total. The first-order valence-corrected chi connectivity index (χ1v) is 9.32. The summed E-state index contributed by atoms with van der Waals surface area (Å²) in [6.45, 7) is 5.65. The Morgan fingerprint density at radius 1 is 1.27 bits per heavy atom. The normalized spacial score (nSPS) is 19.9. The predicted molar refractivity (Wildman–Crippen MR) is 89.8 cm³/mol. The lowest BCUT2D eigenvalue weighted by Crippen LogP contribution is -2.38. The number of hydrogen-bond donors (Lipinski definition) is 1. The lowest BCUT2D eigenvalue weighted by Gasteiger charge is -2.19. The van der Waals surface area contributed by atoms with Crippen LogP contribution in [0.25, 0.3) is 0 Å². The molecule has 0 aliphatic carbocycles. The van der Waals surface area contributed by atoms with Gasteiger partial charge in [0, 0.05) is 33.7 Å². The molecule has 1 atom stereocenters. The molecule has 22 heavy (non-hydrogen) atoms. The molecule has 1 aliphatic rings. The van der Waals surface area contributed by atoms with Crippen molar-refractivity contribution in [3.63, 3.8) is 0 Å². The SMILES string of the molecule is CCc1ccccc1CN1CCC(CNS(=O)(=O)N(C)C)C1. The number of benzene rings is 1. The topological polar surface area (TPSA) is 52.7 Å². The van der Waals surface area contributed by atoms with Gasteiger partial charge < -0.3 is 0 Å². The van der Waals surface area contributed by atoms with Gasteiger partial charge in [0.05, 0.1) is 0 Å². The summed E-state index contributed by atoms with van der Waals surface area (Å²) in [5.41, 5.74) is 2.79. The van der Waals surface area contributed by atoms with E-state index in [1.807, 2.05) is 0 Å². The Labute approximate surface area is 134 Å². The molecule has 0 saturated carbocycles. The molecular formula is C16H27N3O2S. The van der Waals surface area contributed by atoms with Gasteiger partial charge in [-0.1, -0.05) is 31.2 Å². The molecule has 1 aliphatic heterocycles. The van der Waals surface area contributed by atoms with Crippen molar-refractivity contribution >= 4 is 10.2 Å². The standard InChI is InChI=1S/C16H27N3O2S/c1-4-15-7-5-6-8-16(15)13-19-10-9-14(12-19)11-17-22(20,21)18(2)3/h5-8,14,17H,4,9-13H2,1-3H3. The number of rotatable bonds is 7. The Morgan fingerprint density at radius 3 is 2.59 bits per heavy atom. The van der Waals surface area contributed by atoms with Gasteiger partial charge in [-0.25, -0.2) is 4.72 Å². The number of nitrogens with one attached hydrogen (secondary N) is 1. The summed E-state index contributed by atoms with van der Waals surface area (Å²) in [6.07, 6.45) is 2.10. The van der Waals surface area contributed by atoms with Gasteiger partial charge in [-0.15, -0.1) is 0 Å². The van der Waals surface area contributed by atoms with E-state index < -0.39 is 10.2 Å². The van der Waals surface area contributed by atoms with Gasteiger partial charge in [-0.3, -0.25) is 4.90 Å². The smallest absolute Gasteiger partial charge is 0.278 e. The maximum atomic E-state index is 11.7. The fourth-order valence-corrected chi connectivity index (χ4v) is 3.58. The monoisotopic (exact) mass is 325 g/mol. The third-order valence-corrected chi connectivity index (χ3v) is 5.79. The zero-order valence-corrected chi connectivity index (χ0v) is 14.6. The van der Waals surface area contributed by atoms with E-state index in [4.69, 9.17) is 0 Å². The Kier molecular flexibility index (Phi) is 5.97. The van der Waals surface area contributed by atoms with E-state index in [0.717, 1.165) is 32.5 Å². The highest BCUT2D eigenvalue weighted by atomic mass is 32.2. The van der Waals surface area contributed by atoms with Gasteiger partial charge in [0.2, 0.25) is 0 Å². The third kappa shape index (κ3) is 4.52. The zero-order valence-electron chi connectivity index (χ0n) is 13.7. The zero-order chi connectivity index (χ0) is 16.2. The quantitative estimate of drug-likeness (QED) is 0.826. The van der Waals surface area contributed by atoms with E-state index in [9.17, 15) is 8.42 Å². The first kappa shape index (κ1) is 17.4. The van der Waals surface area contributed by atoms with Crippen molar-refractivity contribution in [2.45, 2.75) is 26.3 Å². The molecule has 0 aromatic heterocycles. The first-order valence-electron chi connectivity index (χ1n) is 7.88. The predicted octanol–water partition coefficient (Wildman–Crippen LogP) is 1.47. The van der Waals surface area contributed by atoms with Crippen LogP contribution in [0, 0.1) is 5.92 Å². The van der Waals surface area contributed by atoms with E-state index in [0.29, 0.717) is 12.5 Å². The summed E-state index contributed by atoms with van der Waals surface area (Å²) in [7, 11) is -0.215. The second kappa shape index (κ2) is 7.55. The summed E-state index contributed by atoms with van der Waals surface area (Å²) < 4.78 is 27.4. The van der Waals surface area contributed by atoms with E-state index in [-0.39, 0.29) is 0 Å². The second-order valence-electron chi connectivity index (χ2n) is 6.15. The Bertz CT molecular complexity index is 587. The molecule has 124 valence electrons. The van der Waals surface area contributed by atoms with Crippen molar-refractivity contribution in [1.29, 1.82) is 0 Å². The molecular weight excluding hydrogens is 298 g/mol. The van der Waals surface area contributed by atoms with Crippen molar-refractivity contribution < 1.29 is 8.42 Å². The molecule has 1 aromatic rings.